The number of carbonyl (C=O) groups excluding carboxylic acids is 1. The molecule has 0 spiro atoms. The minimum Gasteiger partial charge on any atom is -0.370 e. The Hall–Kier alpha value is -0.900. The zero-order valence-electron chi connectivity index (χ0n) is 8.62. The van der Waals surface area contributed by atoms with Crippen molar-refractivity contribution in [2.24, 2.45) is 10.9 Å². The Balaban J connectivity index is 2.04. The molecule has 0 aromatic carbocycles. The number of nitrogens with zero attached hydrogens (tertiary/aromatic N) is 1. The van der Waals surface area contributed by atoms with Crippen LogP contribution in [0.5, 0.6) is 0 Å². The Morgan fingerprint density at radius 3 is 2.79 bits per heavy atom. The summed E-state index contributed by atoms with van der Waals surface area (Å²) in [4.78, 5) is 15.5. The van der Waals surface area contributed by atoms with E-state index in [4.69, 9.17) is 4.74 Å². The summed E-state index contributed by atoms with van der Waals surface area (Å²) >= 11 is 0. The van der Waals surface area contributed by atoms with Crippen molar-refractivity contribution in [2.45, 2.75) is 38.8 Å². The van der Waals surface area contributed by atoms with Crippen molar-refractivity contribution in [3.05, 3.63) is 0 Å². The molecule has 1 aliphatic carbocycles. The number of rotatable bonds is 4. The molecular weight excluding hydrogens is 180 g/mol. The quantitative estimate of drug-likeness (QED) is 0.720. The van der Waals surface area contributed by atoms with E-state index in [1.807, 2.05) is 6.92 Å². The topological polar surface area (TPSA) is 50.7 Å². The smallest absolute Gasteiger partial charge is 0.249 e. The summed E-state index contributed by atoms with van der Waals surface area (Å²) in [5, 5.41) is 2.80. The van der Waals surface area contributed by atoms with Crippen molar-refractivity contribution in [2.75, 3.05) is 6.61 Å². The molecule has 14 heavy (non-hydrogen) atoms. The van der Waals surface area contributed by atoms with Gasteiger partial charge in [-0.3, -0.25) is 9.79 Å². The molecule has 4 nitrogen and oxygen atoms in total. The number of nitrogens with one attached hydrogen (secondary N) is 1. The fourth-order valence-corrected chi connectivity index (χ4v) is 1.69. The van der Waals surface area contributed by atoms with E-state index in [1.54, 1.807) is 6.92 Å². The van der Waals surface area contributed by atoms with Gasteiger partial charge in [-0.05, 0) is 32.6 Å². The van der Waals surface area contributed by atoms with Gasteiger partial charge >= 0.3 is 0 Å². The molecule has 1 N–H and O–H groups in total. The monoisotopic (exact) mass is 196 g/mol. The molecule has 0 aromatic rings. The van der Waals surface area contributed by atoms with Gasteiger partial charge in [0.1, 0.15) is 18.0 Å². The van der Waals surface area contributed by atoms with Crippen LogP contribution in [0.3, 0.4) is 0 Å². The first-order valence-electron chi connectivity index (χ1n) is 5.22. The molecule has 2 rings (SSSR count). The van der Waals surface area contributed by atoms with Gasteiger partial charge in [0.2, 0.25) is 5.91 Å². The van der Waals surface area contributed by atoms with Crippen LogP contribution in [0.2, 0.25) is 0 Å². The van der Waals surface area contributed by atoms with E-state index in [0.29, 0.717) is 12.5 Å². The van der Waals surface area contributed by atoms with Gasteiger partial charge in [-0.2, -0.15) is 0 Å². The molecule has 2 aliphatic rings. The maximum absolute atomic E-state index is 11.3. The summed E-state index contributed by atoms with van der Waals surface area (Å²) in [6, 6.07) is -0.244. The lowest BCUT2D eigenvalue weighted by atomic mass is 10.2. The number of amidine groups is 1. The Labute approximate surface area is 83.7 Å². The van der Waals surface area contributed by atoms with Gasteiger partial charge in [-0.1, -0.05) is 0 Å². The lowest BCUT2D eigenvalue weighted by molar-refractivity contribution is -0.119. The maximum atomic E-state index is 11.3. The molecule has 2 unspecified atom stereocenters. The maximum Gasteiger partial charge on any atom is 0.249 e. The summed E-state index contributed by atoms with van der Waals surface area (Å²) in [5.74, 6) is 1.30. The lowest BCUT2D eigenvalue weighted by Crippen LogP contribution is -2.38. The van der Waals surface area contributed by atoms with Crippen LogP contribution in [0.1, 0.15) is 26.7 Å². The summed E-state index contributed by atoms with van der Waals surface area (Å²) in [7, 11) is 0. The van der Waals surface area contributed by atoms with Crippen LogP contribution in [0.15, 0.2) is 4.99 Å². The molecule has 78 valence electrons. The number of hydrogen-bond acceptors (Lipinski definition) is 3. The molecule has 1 saturated carbocycles. The Kier molecular flexibility index (Phi) is 2.54. The van der Waals surface area contributed by atoms with Crippen LogP contribution >= 0.6 is 0 Å². The van der Waals surface area contributed by atoms with E-state index in [2.05, 4.69) is 10.3 Å². The van der Waals surface area contributed by atoms with E-state index in [0.717, 1.165) is 5.84 Å². The average Bonchev–Trinajstić information content (AvgIpc) is 2.91. The fraction of sp³-hybridized carbons (Fsp3) is 0.800. The van der Waals surface area contributed by atoms with Crippen molar-refractivity contribution >= 4 is 11.7 Å². The first-order valence-corrected chi connectivity index (χ1v) is 5.22. The zero-order valence-corrected chi connectivity index (χ0v) is 8.62. The van der Waals surface area contributed by atoms with Gasteiger partial charge in [0, 0.05) is 6.61 Å². The number of hydrogen-bond donors (Lipinski definition) is 1. The van der Waals surface area contributed by atoms with Crippen molar-refractivity contribution in [1.29, 1.82) is 0 Å². The number of amides is 1. The second-order valence-corrected chi connectivity index (χ2v) is 3.89. The van der Waals surface area contributed by atoms with Crippen molar-refractivity contribution in [3.63, 3.8) is 0 Å². The number of ether oxygens (including phenoxy) is 1. The number of carbonyl (C=O) groups is 1. The highest BCUT2D eigenvalue weighted by molar-refractivity contribution is 6.07. The minimum absolute atomic E-state index is 0.00893. The molecule has 1 aliphatic heterocycles. The molecular formula is C10H16N2O2. The molecule has 0 saturated heterocycles. The highest BCUT2D eigenvalue weighted by Gasteiger charge is 2.38. The van der Waals surface area contributed by atoms with Gasteiger partial charge in [-0.25, -0.2) is 0 Å². The standard InChI is InChI=1S/C10H16N2O2/c1-3-14-8(7-4-5-7)9-11-6(2)10(13)12-9/h6-8H,3-5H2,1-2H3,(H,11,12,13). The van der Waals surface area contributed by atoms with Crippen molar-refractivity contribution in [1.82, 2.24) is 5.32 Å². The first-order chi connectivity index (χ1) is 6.72. The molecule has 0 bridgehead atoms. The van der Waals surface area contributed by atoms with Gasteiger partial charge in [-0.15, -0.1) is 0 Å². The average molecular weight is 196 g/mol. The van der Waals surface area contributed by atoms with Gasteiger partial charge < -0.3 is 10.1 Å². The first kappa shape index (κ1) is 9.65. The summed E-state index contributed by atoms with van der Waals surface area (Å²) < 4.78 is 5.60. The van der Waals surface area contributed by atoms with E-state index in [-0.39, 0.29) is 18.1 Å². The fourth-order valence-electron chi connectivity index (χ4n) is 1.69. The third-order valence-electron chi connectivity index (χ3n) is 2.63. The molecule has 1 heterocycles. The highest BCUT2D eigenvalue weighted by atomic mass is 16.5. The predicted molar refractivity (Wildman–Crippen MR) is 53.2 cm³/mol. The molecule has 0 aromatic heterocycles. The molecule has 2 atom stereocenters. The molecule has 1 amide bonds. The summed E-state index contributed by atoms with van der Waals surface area (Å²) in [6.07, 6.45) is 2.40. The Bertz CT molecular complexity index is 271. The van der Waals surface area contributed by atoms with Gasteiger partial charge in [0.25, 0.3) is 0 Å². The third kappa shape index (κ3) is 1.80. The third-order valence-corrected chi connectivity index (χ3v) is 2.63. The highest BCUT2D eigenvalue weighted by Crippen LogP contribution is 2.35. The molecule has 4 heteroatoms. The van der Waals surface area contributed by atoms with E-state index in [9.17, 15) is 4.79 Å². The molecule has 0 radical (unpaired) electrons. The van der Waals surface area contributed by atoms with Crippen LogP contribution in [-0.4, -0.2) is 30.5 Å². The Morgan fingerprint density at radius 1 is 1.64 bits per heavy atom. The van der Waals surface area contributed by atoms with Crippen LogP contribution in [0, 0.1) is 5.92 Å². The second kappa shape index (κ2) is 3.69. The minimum atomic E-state index is -0.244. The van der Waals surface area contributed by atoms with Gasteiger partial charge in [0.05, 0.1) is 0 Å². The zero-order chi connectivity index (χ0) is 10.1. The van der Waals surface area contributed by atoms with Crippen LogP contribution < -0.4 is 5.32 Å². The summed E-state index contributed by atoms with van der Waals surface area (Å²) in [5.41, 5.74) is 0. The van der Waals surface area contributed by atoms with Gasteiger partial charge in [0.15, 0.2) is 0 Å². The van der Waals surface area contributed by atoms with E-state index >= 15 is 0 Å². The largest absolute Gasteiger partial charge is 0.370 e. The van der Waals surface area contributed by atoms with Crippen molar-refractivity contribution in [3.8, 4) is 0 Å². The van der Waals surface area contributed by atoms with Crippen LogP contribution in [-0.2, 0) is 9.53 Å². The summed E-state index contributed by atoms with van der Waals surface area (Å²) in [6.45, 7) is 4.44. The van der Waals surface area contributed by atoms with E-state index in [1.165, 1.54) is 12.8 Å². The second-order valence-electron chi connectivity index (χ2n) is 3.89. The Morgan fingerprint density at radius 2 is 2.36 bits per heavy atom. The SMILES string of the molecule is CCOC(C1=NC(C)C(=O)N1)C1CC1. The molecule has 1 fully saturated rings. The number of aliphatic imine (C=N–C) groups is 1. The lowest BCUT2D eigenvalue weighted by Gasteiger charge is -2.15. The van der Waals surface area contributed by atoms with Crippen LogP contribution in [0.4, 0.5) is 0 Å². The van der Waals surface area contributed by atoms with Crippen molar-refractivity contribution < 1.29 is 9.53 Å². The predicted octanol–water partition coefficient (Wildman–Crippen LogP) is 0.718. The van der Waals surface area contributed by atoms with E-state index < -0.39 is 0 Å². The van der Waals surface area contributed by atoms with Crippen LogP contribution in [0.25, 0.3) is 0 Å². The normalized spacial score (nSPS) is 28.6.